The zero-order chi connectivity index (χ0) is 19.2. The Hall–Kier alpha value is -1.88. The SMILES string of the molecule is CCC(C)(C)NC(=O)C(C)N1CCC(C(=O)NCc2ccccc2)CC1. The van der Waals surface area contributed by atoms with Gasteiger partial charge in [-0.1, -0.05) is 37.3 Å². The predicted molar refractivity (Wildman–Crippen MR) is 105 cm³/mol. The first-order chi connectivity index (χ1) is 12.3. The van der Waals surface area contributed by atoms with Gasteiger partial charge >= 0.3 is 0 Å². The highest BCUT2D eigenvalue weighted by Gasteiger charge is 2.31. The summed E-state index contributed by atoms with van der Waals surface area (Å²) >= 11 is 0. The number of nitrogens with zero attached hydrogens (tertiary/aromatic N) is 1. The molecule has 144 valence electrons. The summed E-state index contributed by atoms with van der Waals surface area (Å²) in [6.45, 7) is 10.3. The summed E-state index contributed by atoms with van der Waals surface area (Å²) in [6.07, 6.45) is 2.50. The van der Waals surface area contributed by atoms with Gasteiger partial charge in [-0.15, -0.1) is 0 Å². The van der Waals surface area contributed by atoms with Crippen molar-refractivity contribution in [2.24, 2.45) is 5.92 Å². The van der Waals surface area contributed by atoms with E-state index < -0.39 is 0 Å². The third-order valence-electron chi connectivity index (χ3n) is 5.48. The average Bonchev–Trinajstić information content (AvgIpc) is 2.66. The number of benzene rings is 1. The molecule has 0 spiro atoms. The number of carbonyl (C=O) groups excluding carboxylic acids is 2. The lowest BCUT2D eigenvalue weighted by molar-refractivity contribution is -0.129. The molecule has 26 heavy (non-hydrogen) atoms. The summed E-state index contributed by atoms with van der Waals surface area (Å²) in [4.78, 5) is 27.0. The number of amides is 2. The van der Waals surface area contributed by atoms with Crippen LogP contribution in [-0.4, -0.2) is 41.4 Å². The minimum absolute atomic E-state index is 0.0392. The monoisotopic (exact) mass is 359 g/mol. The molecule has 5 nitrogen and oxygen atoms in total. The Morgan fingerprint density at radius 1 is 1.19 bits per heavy atom. The van der Waals surface area contributed by atoms with Crippen LogP contribution in [0.2, 0.25) is 0 Å². The normalized spacial score (nSPS) is 17.5. The number of piperidine rings is 1. The van der Waals surface area contributed by atoms with Crippen molar-refractivity contribution >= 4 is 11.8 Å². The maximum Gasteiger partial charge on any atom is 0.237 e. The lowest BCUT2D eigenvalue weighted by Gasteiger charge is -2.36. The van der Waals surface area contributed by atoms with Crippen LogP contribution in [0.4, 0.5) is 0 Å². The van der Waals surface area contributed by atoms with E-state index in [-0.39, 0.29) is 29.3 Å². The fraction of sp³-hybridized carbons (Fsp3) is 0.619. The summed E-state index contributed by atoms with van der Waals surface area (Å²) in [7, 11) is 0. The van der Waals surface area contributed by atoms with Crippen LogP contribution in [0.3, 0.4) is 0 Å². The molecule has 2 N–H and O–H groups in total. The van der Waals surface area contributed by atoms with E-state index in [1.807, 2.05) is 51.1 Å². The van der Waals surface area contributed by atoms with Crippen LogP contribution < -0.4 is 10.6 Å². The van der Waals surface area contributed by atoms with Crippen molar-refractivity contribution in [1.29, 1.82) is 0 Å². The lowest BCUT2D eigenvalue weighted by atomic mass is 9.94. The molecule has 0 saturated carbocycles. The van der Waals surface area contributed by atoms with E-state index in [2.05, 4.69) is 22.5 Å². The van der Waals surface area contributed by atoms with Crippen LogP contribution in [0.1, 0.15) is 52.5 Å². The molecule has 0 aromatic heterocycles. The van der Waals surface area contributed by atoms with Crippen molar-refractivity contribution in [3.05, 3.63) is 35.9 Å². The van der Waals surface area contributed by atoms with E-state index in [1.54, 1.807) is 0 Å². The van der Waals surface area contributed by atoms with Crippen molar-refractivity contribution in [2.45, 2.75) is 65.1 Å². The predicted octanol–water partition coefficient (Wildman–Crippen LogP) is 2.71. The first-order valence-corrected chi connectivity index (χ1v) is 9.70. The highest BCUT2D eigenvalue weighted by molar-refractivity contribution is 5.82. The summed E-state index contributed by atoms with van der Waals surface area (Å²) < 4.78 is 0. The van der Waals surface area contributed by atoms with Crippen molar-refractivity contribution in [1.82, 2.24) is 15.5 Å². The first-order valence-electron chi connectivity index (χ1n) is 9.70. The van der Waals surface area contributed by atoms with Crippen molar-refractivity contribution in [3.63, 3.8) is 0 Å². The molecule has 1 aromatic rings. The Kier molecular flexibility index (Phi) is 7.21. The van der Waals surface area contributed by atoms with Crippen molar-refractivity contribution in [2.75, 3.05) is 13.1 Å². The minimum Gasteiger partial charge on any atom is -0.352 e. The molecule has 1 aromatic carbocycles. The summed E-state index contributed by atoms with van der Waals surface area (Å²) in [5.41, 5.74) is 0.933. The molecular weight excluding hydrogens is 326 g/mol. The Labute approximate surface area is 157 Å². The minimum atomic E-state index is -0.180. The Bertz CT molecular complexity index is 593. The van der Waals surface area contributed by atoms with Gasteiger partial charge in [-0.05, 0) is 58.7 Å². The molecule has 2 rings (SSSR count). The molecule has 1 heterocycles. The van der Waals surface area contributed by atoms with Crippen LogP contribution in [-0.2, 0) is 16.1 Å². The van der Waals surface area contributed by atoms with Gasteiger partial charge < -0.3 is 10.6 Å². The molecular formula is C21H33N3O2. The summed E-state index contributed by atoms with van der Waals surface area (Å²) in [5.74, 6) is 0.235. The van der Waals surface area contributed by atoms with Crippen molar-refractivity contribution < 1.29 is 9.59 Å². The molecule has 0 radical (unpaired) electrons. The molecule has 1 aliphatic rings. The molecule has 1 atom stereocenters. The highest BCUT2D eigenvalue weighted by Crippen LogP contribution is 2.20. The maximum absolute atomic E-state index is 12.5. The summed E-state index contributed by atoms with van der Waals surface area (Å²) in [6, 6.07) is 9.80. The molecule has 0 aliphatic carbocycles. The molecule has 1 fully saturated rings. The van der Waals surface area contributed by atoms with Gasteiger partial charge in [0.1, 0.15) is 0 Å². The second-order valence-electron chi connectivity index (χ2n) is 7.92. The molecule has 5 heteroatoms. The number of hydrogen-bond acceptors (Lipinski definition) is 3. The number of hydrogen-bond donors (Lipinski definition) is 2. The first kappa shape index (κ1) is 20.4. The van der Waals surface area contributed by atoms with Crippen LogP contribution in [0.15, 0.2) is 30.3 Å². The van der Waals surface area contributed by atoms with Gasteiger partial charge in [0.15, 0.2) is 0 Å². The smallest absolute Gasteiger partial charge is 0.237 e. The van der Waals surface area contributed by atoms with E-state index in [0.717, 1.165) is 37.9 Å². The number of carbonyl (C=O) groups is 2. The van der Waals surface area contributed by atoms with Gasteiger partial charge in [0.25, 0.3) is 0 Å². The van der Waals surface area contributed by atoms with Gasteiger partial charge in [-0.25, -0.2) is 0 Å². The van der Waals surface area contributed by atoms with Crippen LogP contribution >= 0.6 is 0 Å². The molecule has 0 bridgehead atoms. The summed E-state index contributed by atoms with van der Waals surface area (Å²) in [5, 5.41) is 6.15. The molecule has 1 unspecified atom stereocenters. The topological polar surface area (TPSA) is 61.4 Å². The third-order valence-corrected chi connectivity index (χ3v) is 5.48. The third kappa shape index (κ3) is 5.84. The molecule has 1 aliphatic heterocycles. The van der Waals surface area contributed by atoms with Crippen molar-refractivity contribution in [3.8, 4) is 0 Å². The van der Waals surface area contributed by atoms with Crippen LogP contribution in [0.25, 0.3) is 0 Å². The van der Waals surface area contributed by atoms with Gasteiger partial charge in [0.2, 0.25) is 11.8 Å². The molecule has 1 saturated heterocycles. The Morgan fingerprint density at radius 2 is 1.81 bits per heavy atom. The quantitative estimate of drug-likeness (QED) is 0.787. The maximum atomic E-state index is 12.5. The average molecular weight is 360 g/mol. The Morgan fingerprint density at radius 3 is 2.38 bits per heavy atom. The fourth-order valence-corrected chi connectivity index (χ4v) is 3.17. The lowest BCUT2D eigenvalue weighted by Crippen LogP contribution is -2.54. The number of likely N-dealkylation sites (tertiary alicyclic amines) is 1. The Balaban J connectivity index is 1.77. The van der Waals surface area contributed by atoms with Gasteiger partial charge in [-0.2, -0.15) is 0 Å². The molecule has 2 amide bonds. The largest absolute Gasteiger partial charge is 0.352 e. The van der Waals surface area contributed by atoms with E-state index in [9.17, 15) is 9.59 Å². The highest BCUT2D eigenvalue weighted by atomic mass is 16.2. The van der Waals surface area contributed by atoms with E-state index in [1.165, 1.54) is 0 Å². The van der Waals surface area contributed by atoms with Gasteiger partial charge in [-0.3, -0.25) is 14.5 Å². The number of nitrogens with one attached hydrogen (secondary N) is 2. The van der Waals surface area contributed by atoms with E-state index in [4.69, 9.17) is 0 Å². The van der Waals surface area contributed by atoms with E-state index in [0.29, 0.717) is 6.54 Å². The zero-order valence-corrected chi connectivity index (χ0v) is 16.5. The van der Waals surface area contributed by atoms with Gasteiger partial charge in [0.05, 0.1) is 6.04 Å². The van der Waals surface area contributed by atoms with Gasteiger partial charge in [0, 0.05) is 18.0 Å². The number of rotatable bonds is 7. The second-order valence-corrected chi connectivity index (χ2v) is 7.92. The standard InChI is InChI=1S/C21H33N3O2/c1-5-21(3,4)23-19(25)16(2)24-13-11-18(12-14-24)20(26)22-15-17-9-7-6-8-10-17/h6-10,16,18H,5,11-15H2,1-4H3,(H,22,26)(H,23,25). The zero-order valence-electron chi connectivity index (χ0n) is 16.5. The van der Waals surface area contributed by atoms with Crippen LogP contribution in [0.5, 0.6) is 0 Å². The second kappa shape index (κ2) is 9.17. The van der Waals surface area contributed by atoms with Crippen LogP contribution in [0, 0.1) is 5.92 Å². The van der Waals surface area contributed by atoms with E-state index >= 15 is 0 Å². The fourth-order valence-electron chi connectivity index (χ4n) is 3.17.